The van der Waals surface area contributed by atoms with Crippen molar-refractivity contribution in [3.8, 4) is 5.75 Å². The average Bonchev–Trinajstić information content (AvgIpc) is 2.33. The standard InChI is InChI=1S/C13H18N2O5S/c1-18-10-6-15(7-10)21(16,17)14-12-4-2-3-5-13(12)20-11-8-19-9-11/h2-5,10-11,14H,6-9H2,1H3. The summed E-state index contributed by atoms with van der Waals surface area (Å²) in [5.74, 6) is 0.512. The summed E-state index contributed by atoms with van der Waals surface area (Å²) in [6.45, 7) is 1.79. The summed E-state index contributed by atoms with van der Waals surface area (Å²) in [4.78, 5) is 0. The lowest BCUT2D eigenvalue weighted by Crippen LogP contribution is -2.55. The Hall–Kier alpha value is -1.35. The number of methoxy groups -OCH3 is 1. The summed E-state index contributed by atoms with van der Waals surface area (Å²) in [7, 11) is -2.00. The minimum Gasteiger partial charge on any atom is -0.483 e. The molecular weight excluding hydrogens is 296 g/mol. The van der Waals surface area contributed by atoms with Crippen molar-refractivity contribution in [3.63, 3.8) is 0 Å². The fourth-order valence-electron chi connectivity index (χ4n) is 2.07. The molecule has 8 heteroatoms. The van der Waals surface area contributed by atoms with Crippen LogP contribution in [0, 0.1) is 0 Å². The first-order chi connectivity index (χ1) is 10.1. The van der Waals surface area contributed by atoms with E-state index in [9.17, 15) is 8.42 Å². The van der Waals surface area contributed by atoms with Crippen LogP contribution in [0.5, 0.6) is 5.75 Å². The normalized spacial score (nSPS) is 20.6. The number of anilines is 1. The third-order valence-corrected chi connectivity index (χ3v) is 4.97. The van der Waals surface area contributed by atoms with E-state index in [2.05, 4.69) is 4.72 Å². The molecule has 2 heterocycles. The average molecular weight is 314 g/mol. The van der Waals surface area contributed by atoms with Gasteiger partial charge in [-0.15, -0.1) is 0 Å². The van der Waals surface area contributed by atoms with Gasteiger partial charge >= 0.3 is 10.2 Å². The Bertz CT molecular complexity index is 596. The monoisotopic (exact) mass is 314 g/mol. The molecule has 0 bridgehead atoms. The Morgan fingerprint density at radius 3 is 2.57 bits per heavy atom. The highest BCUT2D eigenvalue weighted by Crippen LogP contribution is 2.28. The lowest BCUT2D eigenvalue weighted by Gasteiger charge is -2.37. The maximum Gasteiger partial charge on any atom is 0.301 e. The van der Waals surface area contributed by atoms with Gasteiger partial charge in [-0.05, 0) is 12.1 Å². The maximum atomic E-state index is 12.2. The number of hydrogen-bond acceptors (Lipinski definition) is 5. The molecule has 0 radical (unpaired) electrons. The van der Waals surface area contributed by atoms with Crippen molar-refractivity contribution in [1.82, 2.24) is 4.31 Å². The predicted octanol–water partition coefficient (Wildman–Crippen LogP) is 0.451. The minimum atomic E-state index is -3.57. The second-order valence-corrected chi connectivity index (χ2v) is 6.73. The summed E-state index contributed by atoms with van der Waals surface area (Å²) in [5.41, 5.74) is 0.435. The van der Waals surface area contributed by atoms with E-state index in [1.165, 1.54) is 4.31 Å². The first-order valence-corrected chi connectivity index (χ1v) is 8.16. The van der Waals surface area contributed by atoms with Crippen LogP contribution in [0.25, 0.3) is 0 Å². The third kappa shape index (κ3) is 3.13. The van der Waals surface area contributed by atoms with Crippen molar-refractivity contribution in [3.05, 3.63) is 24.3 Å². The summed E-state index contributed by atoms with van der Waals surface area (Å²) in [6.07, 6.45) is -0.0438. The van der Waals surface area contributed by atoms with Gasteiger partial charge in [0, 0.05) is 20.2 Å². The topological polar surface area (TPSA) is 77.1 Å². The van der Waals surface area contributed by atoms with Crippen molar-refractivity contribution in [1.29, 1.82) is 0 Å². The van der Waals surface area contributed by atoms with E-state index in [1.807, 2.05) is 0 Å². The van der Waals surface area contributed by atoms with Gasteiger partial charge in [-0.3, -0.25) is 4.72 Å². The van der Waals surface area contributed by atoms with Crippen LogP contribution < -0.4 is 9.46 Å². The van der Waals surface area contributed by atoms with Crippen LogP contribution >= 0.6 is 0 Å². The van der Waals surface area contributed by atoms with Crippen molar-refractivity contribution >= 4 is 15.9 Å². The van der Waals surface area contributed by atoms with Crippen LogP contribution in [0.4, 0.5) is 5.69 Å². The van der Waals surface area contributed by atoms with Gasteiger partial charge in [0.05, 0.1) is 25.0 Å². The zero-order chi connectivity index (χ0) is 14.9. The second-order valence-electron chi connectivity index (χ2n) is 5.06. The van der Waals surface area contributed by atoms with Crippen LogP contribution in [0.2, 0.25) is 0 Å². The molecule has 7 nitrogen and oxygen atoms in total. The molecule has 0 amide bonds. The Labute approximate surface area is 124 Å². The van der Waals surface area contributed by atoms with Crippen LogP contribution in [-0.2, 0) is 19.7 Å². The molecule has 1 aromatic carbocycles. The first kappa shape index (κ1) is 14.6. The quantitative estimate of drug-likeness (QED) is 0.825. The molecule has 2 aliphatic heterocycles. The number of nitrogens with one attached hydrogen (secondary N) is 1. The maximum absolute atomic E-state index is 12.2. The largest absolute Gasteiger partial charge is 0.483 e. The molecule has 2 fully saturated rings. The number of nitrogens with zero attached hydrogens (tertiary/aromatic N) is 1. The number of ether oxygens (including phenoxy) is 3. The fourth-order valence-corrected chi connectivity index (χ4v) is 3.37. The molecule has 116 valence electrons. The predicted molar refractivity (Wildman–Crippen MR) is 76.6 cm³/mol. The van der Waals surface area contributed by atoms with Gasteiger partial charge in [0.25, 0.3) is 0 Å². The highest BCUT2D eigenvalue weighted by molar-refractivity contribution is 7.90. The summed E-state index contributed by atoms with van der Waals surface area (Å²) >= 11 is 0. The number of hydrogen-bond donors (Lipinski definition) is 1. The number of para-hydroxylation sites is 2. The molecule has 1 N–H and O–H groups in total. The molecule has 2 saturated heterocycles. The SMILES string of the molecule is COC1CN(S(=O)(=O)Nc2ccccc2OC2COC2)C1. The number of rotatable bonds is 6. The van der Waals surface area contributed by atoms with Gasteiger partial charge in [-0.25, -0.2) is 0 Å². The van der Waals surface area contributed by atoms with E-state index in [0.29, 0.717) is 37.7 Å². The first-order valence-electron chi connectivity index (χ1n) is 6.72. The van der Waals surface area contributed by atoms with Gasteiger partial charge in [0.15, 0.2) is 0 Å². The molecule has 0 aliphatic carbocycles. The van der Waals surface area contributed by atoms with Crippen molar-refractivity contribution in [2.24, 2.45) is 0 Å². The molecular formula is C13H18N2O5S. The Morgan fingerprint density at radius 1 is 1.24 bits per heavy atom. The van der Waals surface area contributed by atoms with E-state index < -0.39 is 10.2 Å². The number of benzene rings is 1. The molecule has 0 aromatic heterocycles. The molecule has 0 unspecified atom stereocenters. The lowest BCUT2D eigenvalue weighted by atomic mass is 10.2. The molecule has 3 rings (SSSR count). The van der Waals surface area contributed by atoms with Gasteiger partial charge in [-0.1, -0.05) is 12.1 Å². The van der Waals surface area contributed by atoms with Crippen LogP contribution in [0.15, 0.2) is 24.3 Å². The highest BCUT2D eigenvalue weighted by atomic mass is 32.2. The van der Waals surface area contributed by atoms with E-state index in [0.717, 1.165) is 0 Å². The summed E-state index contributed by atoms with van der Waals surface area (Å²) in [6, 6.07) is 6.98. The summed E-state index contributed by atoms with van der Waals surface area (Å²) in [5, 5.41) is 0. The Morgan fingerprint density at radius 2 is 1.95 bits per heavy atom. The highest BCUT2D eigenvalue weighted by Gasteiger charge is 2.36. The van der Waals surface area contributed by atoms with Gasteiger partial charge in [0.1, 0.15) is 11.9 Å². The molecule has 0 atom stereocenters. The van der Waals surface area contributed by atoms with Gasteiger partial charge < -0.3 is 14.2 Å². The molecule has 1 aromatic rings. The Kier molecular flexibility index (Phi) is 4.03. The van der Waals surface area contributed by atoms with Crippen molar-refractivity contribution < 1.29 is 22.6 Å². The molecule has 0 spiro atoms. The minimum absolute atomic E-state index is 0.0162. The van der Waals surface area contributed by atoms with Crippen LogP contribution in [0.1, 0.15) is 0 Å². The lowest BCUT2D eigenvalue weighted by molar-refractivity contribution is -0.0793. The Balaban J connectivity index is 1.69. The van der Waals surface area contributed by atoms with E-state index >= 15 is 0 Å². The van der Waals surface area contributed by atoms with Crippen LogP contribution in [0.3, 0.4) is 0 Å². The van der Waals surface area contributed by atoms with E-state index in [4.69, 9.17) is 14.2 Å². The van der Waals surface area contributed by atoms with Crippen molar-refractivity contribution in [2.75, 3.05) is 38.1 Å². The summed E-state index contributed by atoms with van der Waals surface area (Å²) < 4.78 is 44.2. The second kappa shape index (κ2) is 5.80. The van der Waals surface area contributed by atoms with E-state index in [-0.39, 0.29) is 12.2 Å². The zero-order valence-corrected chi connectivity index (χ0v) is 12.5. The van der Waals surface area contributed by atoms with Gasteiger partial charge in [-0.2, -0.15) is 12.7 Å². The smallest absolute Gasteiger partial charge is 0.301 e. The molecule has 2 aliphatic rings. The third-order valence-electron chi connectivity index (χ3n) is 3.51. The van der Waals surface area contributed by atoms with Crippen molar-refractivity contribution in [2.45, 2.75) is 12.2 Å². The molecule has 21 heavy (non-hydrogen) atoms. The molecule has 0 saturated carbocycles. The van der Waals surface area contributed by atoms with Crippen LogP contribution in [-0.4, -0.2) is 58.3 Å². The zero-order valence-electron chi connectivity index (χ0n) is 11.7. The fraction of sp³-hybridized carbons (Fsp3) is 0.538. The van der Waals surface area contributed by atoms with E-state index in [1.54, 1.807) is 31.4 Å². The van der Waals surface area contributed by atoms with Gasteiger partial charge in [0.2, 0.25) is 0 Å².